The van der Waals surface area contributed by atoms with Gasteiger partial charge >= 0.3 is 6.18 Å². The number of carbonyl (C=O) groups excluding carboxylic acids is 1. The van der Waals surface area contributed by atoms with Crippen LogP contribution in [0.5, 0.6) is 5.75 Å². The van der Waals surface area contributed by atoms with Crippen LogP contribution >= 0.6 is 0 Å². The average molecular weight is 400 g/mol. The summed E-state index contributed by atoms with van der Waals surface area (Å²) in [6.07, 6.45) is -5.69. The molecule has 0 spiro atoms. The largest absolute Gasteiger partial charge is 0.484 e. The molecule has 1 N–H and O–H groups in total. The molecule has 5 nitrogen and oxygen atoms in total. The number of hydrogen-bond donors (Lipinski definition) is 1. The first kappa shape index (κ1) is 19.6. The number of ether oxygens (including phenoxy) is 1. The van der Waals surface area contributed by atoms with Gasteiger partial charge in [0.25, 0.3) is 5.91 Å². The SMILES string of the molecule is O=C(Nc1cccc(OCC(F)(F)F)c1)C1CC(c2cc(F)ccc2F)=NO1. The first-order valence-electron chi connectivity index (χ1n) is 8.00. The highest BCUT2D eigenvalue weighted by molar-refractivity contribution is 6.06. The number of carbonyl (C=O) groups is 1. The van der Waals surface area contributed by atoms with Crippen molar-refractivity contribution < 1.29 is 36.3 Å². The van der Waals surface area contributed by atoms with E-state index in [2.05, 4.69) is 15.2 Å². The molecule has 148 valence electrons. The third-order valence-corrected chi connectivity index (χ3v) is 3.70. The zero-order chi connectivity index (χ0) is 20.3. The molecule has 0 aliphatic carbocycles. The summed E-state index contributed by atoms with van der Waals surface area (Å²) in [5.74, 6) is -2.10. The van der Waals surface area contributed by atoms with Crippen LogP contribution in [0.1, 0.15) is 12.0 Å². The van der Waals surface area contributed by atoms with E-state index < -0.39 is 36.4 Å². The number of anilines is 1. The molecule has 2 aromatic carbocycles. The Morgan fingerprint density at radius 1 is 1.21 bits per heavy atom. The maximum absolute atomic E-state index is 13.8. The van der Waals surface area contributed by atoms with Crippen LogP contribution in [0, 0.1) is 11.6 Å². The molecule has 1 aliphatic rings. The van der Waals surface area contributed by atoms with Gasteiger partial charge in [0.05, 0.1) is 5.71 Å². The highest BCUT2D eigenvalue weighted by Gasteiger charge is 2.31. The molecule has 0 fully saturated rings. The highest BCUT2D eigenvalue weighted by Crippen LogP contribution is 2.24. The zero-order valence-corrected chi connectivity index (χ0v) is 14.1. The third-order valence-electron chi connectivity index (χ3n) is 3.70. The van der Waals surface area contributed by atoms with Gasteiger partial charge in [0, 0.05) is 23.7 Å². The summed E-state index contributed by atoms with van der Waals surface area (Å²) in [5, 5.41) is 6.08. The lowest BCUT2D eigenvalue weighted by atomic mass is 10.0. The number of hydrogen-bond acceptors (Lipinski definition) is 4. The van der Waals surface area contributed by atoms with Crippen LogP contribution < -0.4 is 10.1 Å². The Labute approximate surface area is 155 Å². The summed E-state index contributed by atoms with van der Waals surface area (Å²) < 4.78 is 68.3. The molecule has 1 heterocycles. The van der Waals surface area contributed by atoms with Gasteiger partial charge in [0.2, 0.25) is 6.10 Å². The minimum atomic E-state index is -4.49. The van der Waals surface area contributed by atoms with E-state index in [1.54, 1.807) is 0 Å². The molecule has 0 bridgehead atoms. The Bertz CT molecular complexity index is 914. The lowest BCUT2D eigenvalue weighted by molar-refractivity contribution is -0.153. The molecule has 1 unspecified atom stereocenters. The fourth-order valence-electron chi connectivity index (χ4n) is 2.45. The van der Waals surface area contributed by atoms with E-state index in [-0.39, 0.29) is 29.1 Å². The molecule has 1 atom stereocenters. The Hall–Kier alpha value is -3.17. The molecule has 0 saturated heterocycles. The molecular weight excluding hydrogens is 387 g/mol. The summed E-state index contributed by atoms with van der Waals surface area (Å²) in [5.41, 5.74) is 0.135. The minimum Gasteiger partial charge on any atom is -0.484 e. The molecule has 0 aromatic heterocycles. The van der Waals surface area contributed by atoms with Crippen molar-refractivity contribution in [3.8, 4) is 5.75 Å². The summed E-state index contributed by atoms with van der Waals surface area (Å²) in [7, 11) is 0. The molecule has 2 aromatic rings. The van der Waals surface area contributed by atoms with Crippen molar-refractivity contribution >= 4 is 17.3 Å². The predicted octanol–water partition coefficient (Wildman–Crippen LogP) is 4.04. The number of benzene rings is 2. The van der Waals surface area contributed by atoms with Crippen LogP contribution in [-0.2, 0) is 9.63 Å². The third kappa shape index (κ3) is 4.96. The summed E-state index contributed by atoms with van der Waals surface area (Å²) in [6, 6.07) is 8.20. The van der Waals surface area contributed by atoms with Gasteiger partial charge in [0.1, 0.15) is 17.4 Å². The first-order valence-corrected chi connectivity index (χ1v) is 8.00. The number of alkyl halides is 3. The normalized spacial score (nSPS) is 16.3. The van der Waals surface area contributed by atoms with Gasteiger partial charge in [-0.25, -0.2) is 8.78 Å². The molecule has 10 heteroatoms. The van der Waals surface area contributed by atoms with Gasteiger partial charge in [-0.05, 0) is 30.3 Å². The van der Waals surface area contributed by atoms with Crippen molar-refractivity contribution in [3.05, 3.63) is 59.7 Å². The van der Waals surface area contributed by atoms with Crippen molar-refractivity contribution in [3.63, 3.8) is 0 Å². The molecule has 0 radical (unpaired) electrons. The fourth-order valence-corrected chi connectivity index (χ4v) is 2.45. The van der Waals surface area contributed by atoms with Crippen molar-refractivity contribution in [2.24, 2.45) is 5.16 Å². The smallest absolute Gasteiger partial charge is 0.422 e. The maximum Gasteiger partial charge on any atom is 0.422 e. The van der Waals surface area contributed by atoms with Gasteiger partial charge in [0.15, 0.2) is 6.61 Å². The van der Waals surface area contributed by atoms with Crippen molar-refractivity contribution in [2.45, 2.75) is 18.7 Å². The molecule has 1 amide bonds. The minimum absolute atomic E-state index is 0.0689. The Morgan fingerprint density at radius 3 is 2.75 bits per heavy atom. The zero-order valence-electron chi connectivity index (χ0n) is 14.1. The fraction of sp³-hybridized carbons (Fsp3) is 0.222. The highest BCUT2D eigenvalue weighted by atomic mass is 19.4. The number of oxime groups is 1. The van der Waals surface area contributed by atoms with Gasteiger partial charge in [-0.2, -0.15) is 13.2 Å². The number of halogens is 5. The van der Waals surface area contributed by atoms with Crippen LogP contribution in [0.2, 0.25) is 0 Å². The summed E-state index contributed by atoms with van der Waals surface area (Å²) >= 11 is 0. The van der Waals surface area contributed by atoms with Crippen LogP contribution in [-0.4, -0.2) is 30.5 Å². The lowest BCUT2D eigenvalue weighted by Gasteiger charge is -2.12. The number of nitrogens with one attached hydrogen (secondary N) is 1. The van der Waals surface area contributed by atoms with Gasteiger partial charge in [-0.15, -0.1) is 0 Å². The molecule has 3 rings (SSSR count). The van der Waals surface area contributed by atoms with E-state index in [1.807, 2.05) is 0 Å². The van der Waals surface area contributed by atoms with Gasteiger partial charge in [-0.3, -0.25) is 4.79 Å². The second kappa shape index (κ2) is 7.83. The van der Waals surface area contributed by atoms with E-state index >= 15 is 0 Å². The van der Waals surface area contributed by atoms with Crippen LogP contribution in [0.25, 0.3) is 0 Å². The van der Waals surface area contributed by atoms with Crippen molar-refractivity contribution in [1.82, 2.24) is 0 Å². The van der Waals surface area contributed by atoms with Gasteiger partial charge in [-0.1, -0.05) is 11.2 Å². The van der Waals surface area contributed by atoms with E-state index in [4.69, 9.17) is 4.84 Å². The molecule has 1 aliphatic heterocycles. The van der Waals surface area contributed by atoms with Crippen LogP contribution in [0.4, 0.5) is 27.6 Å². The summed E-state index contributed by atoms with van der Waals surface area (Å²) in [4.78, 5) is 17.3. The van der Waals surface area contributed by atoms with Crippen LogP contribution in [0.3, 0.4) is 0 Å². The topological polar surface area (TPSA) is 59.9 Å². The monoisotopic (exact) mass is 400 g/mol. The molecular formula is C18H13F5N2O3. The van der Waals surface area contributed by atoms with E-state index in [1.165, 1.54) is 24.3 Å². The predicted molar refractivity (Wildman–Crippen MR) is 89.0 cm³/mol. The maximum atomic E-state index is 13.8. The van der Waals surface area contributed by atoms with E-state index in [0.717, 1.165) is 18.2 Å². The average Bonchev–Trinajstić information content (AvgIpc) is 3.12. The molecule has 28 heavy (non-hydrogen) atoms. The Morgan fingerprint density at radius 2 is 2.00 bits per heavy atom. The number of nitrogens with zero attached hydrogens (tertiary/aromatic N) is 1. The van der Waals surface area contributed by atoms with Crippen molar-refractivity contribution in [2.75, 3.05) is 11.9 Å². The number of rotatable bonds is 5. The van der Waals surface area contributed by atoms with Crippen LogP contribution in [0.15, 0.2) is 47.6 Å². The lowest BCUT2D eigenvalue weighted by Crippen LogP contribution is -2.28. The summed E-state index contributed by atoms with van der Waals surface area (Å²) in [6.45, 7) is -1.47. The van der Waals surface area contributed by atoms with E-state index in [0.29, 0.717) is 0 Å². The van der Waals surface area contributed by atoms with E-state index in [9.17, 15) is 26.7 Å². The quantitative estimate of drug-likeness (QED) is 0.771. The Kier molecular flexibility index (Phi) is 5.48. The van der Waals surface area contributed by atoms with Gasteiger partial charge < -0.3 is 14.9 Å². The molecule has 0 saturated carbocycles. The first-order chi connectivity index (χ1) is 13.2. The number of amides is 1. The van der Waals surface area contributed by atoms with Crippen molar-refractivity contribution in [1.29, 1.82) is 0 Å². The second-order valence-electron chi connectivity index (χ2n) is 5.88. The second-order valence-corrected chi connectivity index (χ2v) is 5.88. The Balaban J connectivity index is 1.61. The standard InChI is InChI=1S/C18H13F5N2O3/c19-10-4-5-14(20)13(6-10)15-8-16(28-25-15)17(26)24-11-2-1-3-12(7-11)27-9-18(21,22)23/h1-7,16H,8-9H2,(H,24,26).